The fourth-order valence-electron chi connectivity index (χ4n) is 1.95. The highest BCUT2D eigenvalue weighted by atomic mass is 16.1. The first-order chi connectivity index (χ1) is 5.20. The molecule has 0 heterocycles. The average Bonchev–Trinajstić information content (AvgIpc) is 1.93. The van der Waals surface area contributed by atoms with Crippen LogP contribution in [0.2, 0.25) is 0 Å². The molecular formula is C9H10O2. The van der Waals surface area contributed by atoms with Crippen LogP contribution in [0.1, 0.15) is 19.8 Å². The molecule has 1 saturated carbocycles. The van der Waals surface area contributed by atoms with E-state index in [1.807, 2.05) is 13.0 Å². The monoisotopic (exact) mass is 150 g/mol. The maximum atomic E-state index is 11.2. The minimum absolute atomic E-state index is 0.0313. The van der Waals surface area contributed by atoms with Crippen LogP contribution in [0, 0.1) is 11.8 Å². The SMILES string of the molecule is CC1=CC2C(=O)CCC(=O)C12. The number of carbonyl (C=O) groups is 2. The van der Waals surface area contributed by atoms with Gasteiger partial charge in [0.15, 0.2) is 0 Å². The lowest BCUT2D eigenvalue weighted by atomic mass is 9.66. The van der Waals surface area contributed by atoms with E-state index >= 15 is 0 Å². The molecule has 2 unspecified atom stereocenters. The van der Waals surface area contributed by atoms with E-state index < -0.39 is 0 Å². The number of fused-ring (bicyclic) bond motifs is 1. The first kappa shape index (κ1) is 6.77. The minimum atomic E-state index is -0.0451. The molecule has 0 aromatic carbocycles. The molecule has 0 radical (unpaired) electrons. The smallest absolute Gasteiger partial charge is 0.141 e. The fraction of sp³-hybridized carbons (Fsp3) is 0.556. The molecule has 0 saturated heterocycles. The zero-order valence-corrected chi connectivity index (χ0v) is 6.46. The molecule has 0 bridgehead atoms. The lowest BCUT2D eigenvalue weighted by Gasteiger charge is -2.35. The van der Waals surface area contributed by atoms with E-state index in [1.165, 1.54) is 0 Å². The lowest BCUT2D eigenvalue weighted by molar-refractivity contribution is -0.136. The summed E-state index contributed by atoms with van der Waals surface area (Å²) in [7, 11) is 0. The second-order valence-corrected chi connectivity index (χ2v) is 3.35. The highest BCUT2D eigenvalue weighted by Crippen LogP contribution is 2.39. The zero-order chi connectivity index (χ0) is 8.01. The van der Waals surface area contributed by atoms with Gasteiger partial charge in [-0.3, -0.25) is 9.59 Å². The summed E-state index contributed by atoms with van der Waals surface area (Å²) in [5.41, 5.74) is 1.09. The topological polar surface area (TPSA) is 34.1 Å². The summed E-state index contributed by atoms with van der Waals surface area (Å²) in [5.74, 6) is 0.433. The summed E-state index contributed by atoms with van der Waals surface area (Å²) in [6, 6.07) is 0. The summed E-state index contributed by atoms with van der Waals surface area (Å²) in [5, 5.41) is 0. The van der Waals surface area contributed by atoms with Crippen LogP contribution in [0.4, 0.5) is 0 Å². The Morgan fingerprint density at radius 1 is 1.27 bits per heavy atom. The highest BCUT2D eigenvalue weighted by Gasteiger charge is 2.42. The van der Waals surface area contributed by atoms with Crippen LogP contribution in [0.25, 0.3) is 0 Å². The third-order valence-electron chi connectivity index (χ3n) is 2.63. The van der Waals surface area contributed by atoms with E-state index in [0.29, 0.717) is 12.8 Å². The largest absolute Gasteiger partial charge is 0.299 e. The fourth-order valence-corrected chi connectivity index (χ4v) is 1.95. The van der Waals surface area contributed by atoms with Gasteiger partial charge in [-0.15, -0.1) is 0 Å². The summed E-state index contributed by atoms with van der Waals surface area (Å²) in [6.07, 6.45) is 2.85. The standard InChI is InChI=1S/C9H10O2/c1-5-4-6-7(10)2-3-8(11)9(5)6/h4,6,9H,2-3H2,1H3. The summed E-state index contributed by atoms with van der Waals surface area (Å²) < 4.78 is 0. The van der Waals surface area contributed by atoms with Crippen LogP contribution in [0.3, 0.4) is 0 Å². The van der Waals surface area contributed by atoms with Crippen LogP contribution in [0.5, 0.6) is 0 Å². The Bertz CT molecular complexity index is 263. The Morgan fingerprint density at radius 3 is 2.45 bits per heavy atom. The van der Waals surface area contributed by atoms with Gasteiger partial charge < -0.3 is 0 Å². The molecule has 2 atom stereocenters. The first-order valence-electron chi connectivity index (χ1n) is 3.94. The Kier molecular flexibility index (Phi) is 1.25. The number of carbonyl (C=O) groups excluding carboxylic acids is 2. The second kappa shape index (κ2) is 2.03. The molecule has 0 aromatic heterocycles. The molecule has 0 amide bonds. The Labute approximate surface area is 65.3 Å². The molecule has 2 aliphatic carbocycles. The summed E-state index contributed by atoms with van der Waals surface area (Å²) in [4.78, 5) is 22.4. The molecule has 0 spiro atoms. The van der Waals surface area contributed by atoms with Crippen LogP contribution in [0.15, 0.2) is 11.6 Å². The van der Waals surface area contributed by atoms with Crippen molar-refractivity contribution in [2.45, 2.75) is 19.8 Å². The van der Waals surface area contributed by atoms with Gasteiger partial charge in [0, 0.05) is 18.8 Å². The number of Topliss-reactive ketones (excluding diaryl/α,β-unsaturated/α-hetero) is 2. The van der Waals surface area contributed by atoms with Crippen LogP contribution in [-0.4, -0.2) is 11.6 Å². The molecule has 2 aliphatic rings. The minimum Gasteiger partial charge on any atom is -0.299 e. The van der Waals surface area contributed by atoms with Gasteiger partial charge in [0.05, 0.1) is 5.92 Å². The number of ketones is 2. The Hall–Kier alpha value is -0.920. The molecule has 0 N–H and O–H groups in total. The predicted octanol–water partition coefficient (Wildman–Crippen LogP) is 1.11. The first-order valence-corrected chi connectivity index (χ1v) is 3.94. The number of hydrogen-bond acceptors (Lipinski definition) is 2. The molecule has 2 rings (SSSR count). The molecule has 11 heavy (non-hydrogen) atoms. The molecule has 0 aliphatic heterocycles. The highest BCUT2D eigenvalue weighted by molar-refractivity contribution is 6.01. The van der Waals surface area contributed by atoms with E-state index in [-0.39, 0.29) is 23.4 Å². The van der Waals surface area contributed by atoms with E-state index in [0.717, 1.165) is 5.57 Å². The summed E-state index contributed by atoms with van der Waals surface area (Å²) in [6.45, 7) is 1.93. The van der Waals surface area contributed by atoms with Gasteiger partial charge in [-0.05, 0) is 6.92 Å². The number of hydrogen-bond donors (Lipinski definition) is 0. The van der Waals surface area contributed by atoms with E-state index in [1.54, 1.807) is 0 Å². The van der Waals surface area contributed by atoms with E-state index in [2.05, 4.69) is 0 Å². The Morgan fingerprint density at radius 2 is 1.91 bits per heavy atom. The van der Waals surface area contributed by atoms with E-state index in [4.69, 9.17) is 0 Å². The van der Waals surface area contributed by atoms with E-state index in [9.17, 15) is 9.59 Å². The molecule has 1 fully saturated rings. The average molecular weight is 150 g/mol. The van der Waals surface area contributed by atoms with Crippen LogP contribution < -0.4 is 0 Å². The predicted molar refractivity (Wildman–Crippen MR) is 40.0 cm³/mol. The van der Waals surface area contributed by atoms with Crippen LogP contribution in [-0.2, 0) is 9.59 Å². The Balaban J connectivity index is 2.29. The molecule has 2 heteroatoms. The van der Waals surface area contributed by atoms with Crippen molar-refractivity contribution < 1.29 is 9.59 Å². The number of rotatable bonds is 0. The van der Waals surface area contributed by atoms with Crippen molar-refractivity contribution >= 4 is 11.6 Å². The van der Waals surface area contributed by atoms with Gasteiger partial charge >= 0.3 is 0 Å². The van der Waals surface area contributed by atoms with Crippen molar-refractivity contribution in [3.63, 3.8) is 0 Å². The lowest BCUT2D eigenvalue weighted by Crippen LogP contribution is -2.40. The van der Waals surface area contributed by atoms with Gasteiger partial charge in [-0.25, -0.2) is 0 Å². The van der Waals surface area contributed by atoms with Gasteiger partial charge in [-0.2, -0.15) is 0 Å². The van der Waals surface area contributed by atoms with Crippen molar-refractivity contribution in [1.82, 2.24) is 0 Å². The van der Waals surface area contributed by atoms with Crippen molar-refractivity contribution in [1.29, 1.82) is 0 Å². The van der Waals surface area contributed by atoms with Gasteiger partial charge in [0.25, 0.3) is 0 Å². The van der Waals surface area contributed by atoms with Crippen LogP contribution >= 0.6 is 0 Å². The second-order valence-electron chi connectivity index (χ2n) is 3.35. The van der Waals surface area contributed by atoms with Gasteiger partial charge in [0.2, 0.25) is 0 Å². The maximum Gasteiger partial charge on any atom is 0.141 e. The van der Waals surface area contributed by atoms with Crippen molar-refractivity contribution in [3.8, 4) is 0 Å². The quantitative estimate of drug-likeness (QED) is 0.485. The molecule has 0 aromatic rings. The number of allylic oxidation sites excluding steroid dienone is 2. The molecular weight excluding hydrogens is 140 g/mol. The summed E-state index contributed by atoms with van der Waals surface area (Å²) >= 11 is 0. The normalized spacial score (nSPS) is 35.9. The molecule has 58 valence electrons. The third kappa shape index (κ3) is 0.785. The zero-order valence-electron chi connectivity index (χ0n) is 6.46. The van der Waals surface area contributed by atoms with Gasteiger partial charge in [0.1, 0.15) is 11.6 Å². The third-order valence-corrected chi connectivity index (χ3v) is 2.63. The van der Waals surface area contributed by atoms with Crippen molar-refractivity contribution in [3.05, 3.63) is 11.6 Å². The molecule has 2 nitrogen and oxygen atoms in total. The van der Waals surface area contributed by atoms with Gasteiger partial charge in [-0.1, -0.05) is 11.6 Å². The van der Waals surface area contributed by atoms with Crippen molar-refractivity contribution in [2.24, 2.45) is 11.8 Å². The van der Waals surface area contributed by atoms with Crippen molar-refractivity contribution in [2.75, 3.05) is 0 Å². The maximum absolute atomic E-state index is 11.2.